The highest BCUT2D eigenvalue weighted by atomic mass is 16.5. The van der Waals surface area contributed by atoms with Crippen molar-refractivity contribution in [3.63, 3.8) is 0 Å². The zero-order chi connectivity index (χ0) is 24.2. The van der Waals surface area contributed by atoms with Crippen molar-refractivity contribution in [2.45, 2.75) is 31.8 Å². The minimum absolute atomic E-state index is 0.337. The maximum atomic E-state index is 11.3. The third-order valence-corrected chi connectivity index (χ3v) is 6.88. The van der Waals surface area contributed by atoms with E-state index in [-0.39, 0.29) is 0 Å². The molecule has 1 aliphatic carbocycles. The fourth-order valence-corrected chi connectivity index (χ4v) is 5.11. The normalized spacial score (nSPS) is 15.2. The molecule has 0 radical (unpaired) electrons. The van der Waals surface area contributed by atoms with Crippen LogP contribution in [0.15, 0.2) is 67.1 Å². The van der Waals surface area contributed by atoms with Crippen molar-refractivity contribution in [3.05, 3.63) is 94.9 Å². The average Bonchev–Trinajstić information content (AvgIpc) is 3.64. The van der Waals surface area contributed by atoms with E-state index in [1.165, 1.54) is 33.7 Å². The topological polar surface area (TPSA) is 93.4 Å². The van der Waals surface area contributed by atoms with E-state index in [2.05, 4.69) is 51.5 Å². The smallest absolute Gasteiger partial charge is 0.267 e. The minimum atomic E-state index is -0.531. The van der Waals surface area contributed by atoms with E-state index in [9.17, 15) is 4.79 Å². The van der Waals surface area contributed by atoms with Crippen LogP contribution in [0.5, 0.6) is 5.75 Å². The van der Waals surface area contributed by atoms with Crippen molar-refractivity contribution >= 4 is 22.9 Å². The Morgan fingerprint density at radius 2 is 2.14 bits per heavy atom. The van der Waals surface area contributed by atoms with Crippen molar-refractivity contribution in [3.8, 4) is 5.75 Å². The van der Waals surface area contributed by atoms with Gasteiger partial charge in [-0.1, -0.05) is 18.2 Å². The van der Waals surface area contributed by atoms with Gasteiger partial charge < -0.3 is 14.7 Å². The van der Waals surface area contributed by atoms with Crippen LogP contribution in [0.25, 0.3) is 17.0 Å². The van der Waals surface area contributed by atoms with Crippen LogP contribution in [0.1, 0.15) is 40.3 Å². The van der Waals surface area contributed by atoms with E-state index < -0.39 is 5.91 Å². The van der Waals surface area contributed by atoms with Crippen molar-refractivity contribution in [1.82, 2.24) is 20.3 Å². The van der Waals surface area contributed by atoms with Gasteiger partial charge >= 0.3 is 0 Å². The summed E-state index contributed by atoms with van der Waals surface area (Å²) in [6.07, 6.45) is 12.2. The quantitative estimate of drug-likeness (QED) is 0.161. The number of aryl methyl sites for hydroxylation is 1. The van der Waals surface area contributed by atoms with Gasteiger partial charge in [0.1, 0.15) is 5.75 Å². The number of benzene rings is 2. The Hall–Kier alpha value is -3.81. The lowest BCUT2D eigenvalue weighted by Gasteiger charge is -2.29. The Balaban J connectivity index is 1.37. The molecule has 180 valence electrons. The molecule has 0 aliphatic heterocycles. The summed E-state index contributed by atoms with van der Waals surface area (Å²) in [5.41, 5.74) is 8.94. The van der Waals surface area contributed by atoms with Gasteiger partial charge in [-0.05, 0) is 71.4 Å². The summed E-state index contributed by atoms with van der Waals surface area (Å²) in [5, 5.41) is 9.94. The number of hydroxylamine groups is 1. The van der Waals surface area contributed by atoms with E-state index in [1.54, 1.807) is 18.7 Å². The lowest BCUT2D eigenvalue weighted by atomic mass is 10.0. The summed E-state index contributed by atoms with van der Waals surface area (Å²) < 4.78 is 5.36. The number of carbonyl (C=O) groups excluding carboxylic acids is 1. The Bertz CT molecular complexity index is 1340. The molecular formula is C28H30N4O3. The number of rotatable bonds is 9. The number of carbonyl (C=O) groups is 1. The highest BCUT2D eigenvalue weighted by molar-refractivity contribution is 5.90. The van der Waals surface area contributed by atoms with E-state index in [0.717, 1.165) is 49.2 Å². The monoisotopic (exact) mass is 470 g/mol. The summed E-state index contributed by atoms with van der Waals surface area (Å²) in [7, 11) is 1.69. The first-order chi connectivity index (χ1) is 17.1. The number of hydrogen-bond acceptors (Lipinski definition) is 4. The first-order valence-corrected chi connectivity index (χ1v) is 11.9. The fourth-order valence-electron chi connectivity index (χ4n) is 5.11. The number of methoxy groups -OCH3 is 1. The van der Waals surface area contributed by atoms with Crippen LogP contribution in [0.4, 0.5) is 0 Å². The molecule has 7 heteroatoms. The van der Waals surface area contributed by atoms with E-state index in [4.69, 9.17) is 9.94 Å². The van der Waals surface area contributed by atoms with Gasteiger partial charge in [-0.3, -0.25) is 14.9 Å². The first kappa shape index (κ1) is 23.0. The summed E-state index contributed by atoms with van der Waals surface area (Å²) in [5.74, 6) is 0.325. The van der Waals surface area contributed by atoms with Crippen LogP contribution in [0, 0.1) is 0 Å². The van der Waals surface area contributed by atoms with Crippen LogP contribution in [-0.2, 0) is 24.2 Å². The zero-order valence-corrected chi connectivity index (χ0v) is 19.8. The molecule has 0 spiro atoms. The van der Waals surface area contributed by atoms with Gasteiger partial charge in [-0.25, -0.2) is 5.48 Å². The Morgan fingerprint density at radius 1 is 1.23 bits per heavy atom. The maximum Gasteiger partial charge on any atom is 0.267 e. The number of fused-ring (bicyclic) bond motifs is 2. The third kappa shape index (κ3) is 5.01. The van der Waals surface area contributed by atoms with Crippen molar-refractivity contribution in [1.29, 1.82) is 0 Å². The standard InChI is InChI=1S/C28H30N4O3/c1-35-23-5-7-24-22(17-30-26(24)15-23)11-13-32(18-20-10-12-29-16-20)27-8-4-21-14-19(2-6-25(21)27)3-9-28(33)31-34/h2-3,5-7,9-10,12,14-17,27,29-30,34H,4,8,11,13,18H2,1H3,(H,31,33)/b9-3+. The Morgan fingerprint density at radius 3 is 2.94 bits per heavy atom. The number of nitrogens with one attached hydrogen (secondary N) is 3. The predicted octanol–water partition coefficient (Wildman–Crippen LogP) is 4.76. The number of hydrogen-bond donors (Lipinski definition) is 4. The second kappa shape index (κ2) is 10.2. The Kier molecular flexibility index (Phi) is 6.70. The van der Waals surface area contributed by atoms with Gasteiger partial charge in [0.25, 0.3) is 5.91 Å². The highest BCUT2D eigenvalue weighted by Crippen LogP contribution is 2.37. The maximum absolute atomic E-state index is 11.3. The van der Waals surface area contributed by atoms with Gasteiger partial charge in [0, 0.05) is 60.8 Å². The molecule has 1 aliphatic rings. The molecule has 0 saturated heterocycles. The van der Waals surface area contributed by atoms with E-state index >= 15 is 0 Å². The lowest BCUT2D eigenvalue weighted by Crippen LogP contribution is -2.29. The van der Waals surface area contributed by atoms with Gasteiger partial charge in [-0.2, -0.15) is 0 Å². The van der Waals surface area contributed by atoms with Gasteiger partial charge in [0.05, 0.1) is 7.11 Å². The summed E-state index contributed by atoms with van der Waals surface area (Å²) in [6.45, 7) is 1.81. The van der Waals surface area contributed by atoms with Crippen molar-refractivity contribution in [2.75, 3.05) is 13.7 Å². The number of aromatic amines is 2. The van der Waals surface area contributed by atoms with Crippen LogP contribution < -0.4 is 10.2 Å². The molecule has 0 fully saturated rings. The van der Waals surface area contributed by atoms with Crippen LogP contribution in [0.2, 0.25) is 0 Å². The SMILES string of the molecule is COc1ccc2c(CCN(Cc3cc[nH]c3)C3CCc4cc(/C=C/C(=O)NO)ccc43)c[nH]c2c1. The molecule has 1 atom stereocenters. The number of ether oxygens (including phenoxy) is 1. The summed E-state index contributed by atoms with van der Waals surface area (Å²) in [6, 6.07) is 15.0. The molecule has 0 bridgehead atoms. The summed E-state index contributed by atoms with van der Waals surface area (Å²) >= 11 is 0. The molecule has 2 heterocycles. The summed E-state index contributed by atoms with van der Waals surface area (Å²) in [4.78, 5) is 20.5. The predicted molar refractivity (Wildman–Crippen MR) is 136 cm³/mol. The van der Waals surface area contributed by atoms with Crippen LogP contribution in [0.3, 0.4) is 0 Å². The van der Waals surface area contributed by atoms with Crippen LogP contribution >= 0.6 is 0 Å². The number of amides is 1. The molecule has 5 rings (SSSR count). The van der Waals surface area contributed by atoms with Gasteiger partial charge in [0.2, 0.25) is 0 Å². The molecule has 1 unspecified atom stereocenters. The zero-order valence-electron chi connectivity index (χ0n) is 19.8. The van der Waals surface area contributed by atoms with Crippen LogP contribution in [-0.4, -0.2) is 39.6 Å². The molecule has 4 N–H and O–H groups in total. The number of H-pyrrole nitrogens is 2. The molecule has 35 heavy (non-hydrogen) atoms. The molecule has 4 aromatic rings. The van der Waals surface area contributed by atoms with Crippen molar-refractivity contribution < 1.29 is 14.7 Å². The van der Waals surface area contributed by atoms with E-state index in [1.807, 2.05) is 24.4 Å². The first-order valence-electron chi connectivity index (χ1n) is 11.9. The number of nitrogens with zero attached hydrogens (tertiary/aromatic N) is 1. The fraction of sp³-hybridized carbons (Fsp3) is 0.250. The molecule has 2 aromatic carbocycles. The molecule has 2 aromatic heterocycles. The van der Waals surface area contributed by atoms with Gasteiger partial charge in [0.15, 0.2) is 0 Å². The average molecular weight is 471 g/mol. The molecule has 1 amide bonds. The second-order valence-electron chi connectivity index (χ2n) is 8.99. The lowest BCUT2D eigenvalue weighted by molar-refractivity contribution is -0.124. The highest BCUT2D eigenvalue weighted by Gasteiger charge is 2.28. The van der Waals surface area contributed by atoms with Crippen molar-refractivity contribution in [2.24, 2.45) is 0 Å². The molecule has 0 saturated carbocycles. The largest absolute Gasteiger partial charge is 0.497 e. The van der Waals surface area contributed by atoms with E-state index in [0.29, 0.717) is 6.04 Å². The minimum Gasteiger partial charge on any atom is -0.497 e. The number of aromatic nitrogens is 2. The molecular weight excluding hydrogens is 440 g/mol. The second-order valence-corrected chi connectivity index (χ2v) is 8.99. The molecule has 7 nitrogen and oxygen atoms in total. The van der Waals surface area contributed by atoms with Gasteiger partial charge in [-0.15, -0.1) is 0 Å². The Labute approximate surface area is 204 Å². The third-order valence-electron chi connectivity index (χ3n) is 6.88.